The van der Waals surface area contributed by atoms with Crippen molar-refractivity contribution in [2.45, 2.75) is 25.4 Å². The minimum absolute atomic E-state index is 0.0335. The second-order valence-corrected chi connectivity index (χ2v) is 8.73. The van der Waals surface area contributed by atoms with Crippen LogP contribution < -0.4 is 14.4 Å². The van der Waals surface area contributed by atoms with Crippen molar-refractivity contribution in [1.29, 1.82) is 0 Å². The predicted molar refractivity (Wildman–Crippen MR) is 118 cm³/mol. The van der Waals surface area contributed by atoms with Crippen molar-refractivity contribution >= 4 is 27.5 Å². The van der Waals surface area contributed by atoms with E-state index in [1.807, 2.05) is 37.4 Å². The molecule has 1 saturated heterocycles. The second-order valence-electron chi connectivity index (χ2n) is 7.88. The van der Waals surface area contributed by atoms with E-state index in [1.54, 1.807) is 12.0 Å². The van der Waals surface area contributed by atoms with Gasteiger partial charge in [0.05, 0.1) is 12.8 Å². The molecule has 6 heteroatoms. The van der Waals surface area contributed by atoms with E-state index in [0.29, 0.717) is 12.5 Å². The number of carbonyl (C=O) groups excluding carboxylic acids is 1. The summed E-state index contributed by atoms with van der Waals surface area (Å²) in [7, 11) is 3.53. The lowest BCUT2D eigenvalue weighted by Gasteiger charge is -2.37. The van der Waals surface area contributed by atoms with Gasteiger partial charge in [-0.15, -0.1) is 0 Å². The van der Waals surface area contributed by atoms with Crippen LogP contribution in [-0.2, 0) is 11.2 Å². The molecule has 1 fully saturated rings. The number of anilines is 1. The minimum Gasteiger partial charge on any atom is -0.497 e. The summed E-state index contributed by atoms with van der Waals surface area (Å²) >= 11 is 3.66. The van der Waals surface area contributed by atoms with Crippen molar-refractivity contribution < 1.29 is 14.3 Å². The summed E-state index contributed by atoms with van der Waals surface area (Å²) in [6, 6.07) is 13.9. The molecule has 5 nitrogen and oxygen atoms in total. The van der Waals surface area contributed by atoms with Crippen LogP contribution in [0.3, 0.4) is 0 Å². The van der Waals surface area contributed by atoms with E-state index in [0.717, 1.165) is 54.0 Å². The van der Waals surface area contributed by atoms with Gasteiger partial charge < -0.3 is 14.4 Å². The van der Waals surface area contributed by atoms with E-state index < -0.39 is 6.10 Å². The lowest BCUT2D eigenvalue weighted by Crippen LogP contribution is -2.51. The van der Waals surface area contributed by atoms with Gasteiger partial charge in [-0.3, -0.25) is 9.69 Å². The number of hydrogen-bond acceptors (Lipinski definition) is 4. The van der Waals surface area contributed by atoms with Gasteiger partial charge in [-0.1, -0.05) is 28.1 Å². The summed E-state index contributed by atoms with van der Waals surface area (Å²) in [5.41, 5.74) is 2.14. The first-order valence-electron chi connectivity index (χ1n) is 10.1. The van der Waals surface area contributed by atoms with Crippen LogP contribution in [0, 0.1) is 5.92 Å². The first kappa shape index (κ1) is 20.2. The Hall–Kier alpha value is -2.05. The molecular formula is C23H27BrN2O3. The normalized spacial score (nSPS) is 20.3. The predicted octanol–water partition coefficient (Wildman–Crippen LogP) is 4.14. The summed E-state index contributed by atoms with van der Waals surface area (Å²) < 4.78 is 12.5. The Morgan fingerprint density at radius 2 is 1.93 bits per heavy atom. The average Bonchev–Trinajstić information content (AvgIpc) is 2.75. The van der Waals surface area contributed by atoms with Crippen LogP contribution in [-0.4, -0.2) is 50.7 Å². The van der Waals surface area contributed by atoms with Gasteiger partial charge >= 0.3 is 0 Å². The molecule has 1 unspecified atom stereocenters. The molecule has 2 aromatic carbocycles. The maximum atomic E-state index is 12.7. The van der Waals surface area contributed by atoms with Crippen LogP contribution in [0.2, 0.25) is 0 Å². The average molecular weight is 459 g/mol. The van der Waals surface area contributed by atoms with Gasteiger partial charge in [0, 0.05) is 18.1 Å². The number of carbonyl (C=O) groups is 1. The summed E-state index contributed by atoms with van der Waals surface area (Å²) in [6.45, 7) is 2.63. The van der Waals surface area contributed by atoms with Gasteiger partial charge in [-0.05, 0) is 74.2 Å². The van der Waals surface area contributed by atoms with E-state index in [9.17, 15) is 4.79 Å². The van der Waals surface area contributed by atoms with Gasteiger partial charge in [0.25, 0.3) is 5.91 Å². The number of methoxy groups -OCH3 is 1. The van der Waals surface area contributed by atoms with Crippen LogP contribution in [0.1, 0.15) is 18.4 Å². The van der Waals surface area contributed by atoms with E-state index in [4.69, 9.17) is 9.47 Å². The van der Waals surface area contributed by atoms with Gasteiger partial charge in [-0.2, -0.15) is 0 Å². The number of ether oxygens (including phenoxy) is 2. The Morgan fingerprint density at radius 1 is 1.17 bits per heavy atom. The Morgan fingerprint density at radius 3 is 2.69 bits per heavy atom. The van der Waals surface area contributed by atoms with E-state index in [1.165, 1.54) is 5.56 Å². The first-order valence-corrected chi connectivity index (χ1v) is 10.9. The number of para-hydroxylation sites is 2. The maximum Gasteiger partial charge on any atom is 0.269 e. The molecule has 0 spiro atoms. The van der Waals surface area contributed by atoms with Crippen LogP contribution in [0.25, 0.3) is 0 Å². The molecule has 1 amide bonds. The van der Waals surface area contributed by atoms with Crippen LogP contribution in [0.5, 0.6) is 11.5 Å². The highest BCUT2D eigenvalue weighted by molar-refractivity contribution is 9.10. The van der Waals surface area contributed by atoms with Crippen molar-refractivity contribution in [3.8, 4) is 11.5 Å². The van der Waals surface area contributed by atoms with Crippen molar-refractivity contribution in [2.24, 2.45) is 5.92 Å². The third-order valence-corrected chi connectivity index (χ3v) is 6.77. The minimum atomic E-state index is -0.432. The number of rotatable bonds is 5. The molecular weight excluding hydrogens is 432 g/mol. The molecule has 29 heavy (non-hydrogen) atoms. The monoisotopic (exact) mass is 458 g/mol. The molecule has 2 aliphatic rings. The highest BCUT2D eigenvalue weighted by Crippen LogP contribution is 2.33. The van der Waals surface area contributed by atoms with Crippen molar-refractivity contribution in [3.63, 3.8) is 0 Å². The number of amides is 1. The van der Waals surface area contributed by atoms with Crippen LogP contribution in [0.4, 0.5) is 5.69 Å². The Balaban J connectivity index is 1.33. The number of likely N-dealkylation sites (N-methyl/N-ethyl adjacent to an activating group) is 1. The molecule has 0 aliphatic carbocycles. The number of benzene rings is 2. The Labute approximate surface area is 180 Å². The molecule has 0 radical (unpaired) electrons. The van der Waals surface area contributed by atoms with Gasteiger partial charge in [0.2, 0.25) is 0 Å². The molecule has 2 aromatic rings. The quantitative estimate of drug-likeness (QED) is 0.675. The number of fused-ring (bicyclic) bond motifs is 1. The van der Waals surface area contributed by atoms with Crippen molar-refractivity contribution in [2.75, 3.05) is 38.7 Å². The standard InChI is InChI=1S/C23H27BrN2O3/c1-25-20-5-3-4-6-21(20)29-22(23(25)27)15-26-11-9-16(10-12-26)13-17-14-18(28-2)7-8-19(17)24/h3-8,14,16,22H,9-13,15H2,1-2H3. The van der Waals surface area contributed by atoms with Gasteiger partial charge in [-0.25, -0.2) is 0 Å². The fourth-order valence-corrected chi connectivity index (χ4v) is 4.65. The molecule has 2 aliphatic heterocycles. The largest absolute Gasteiger partial charge is 0.497 e. The fourth-order valence-electron chi connectivity index (χ4n) is 4.24. The fraction of sp³-hybridized carbons (Fsp3) is 0.435. The molecule has 154 valence electrons. The number of nitrogens with zero attached hydrogens (tertiary/aromatic N) is 2. The Bertz CT molecular complexity index is 880. The number of halogens is 1. The second kappa shape index (κ2) is 8.76. The third kappa shape index (κ3) is 4.43. The lowest BCUT2D eigenvalue weighted by atomic mass is 9.90. The molecule has 0 saturated carbocycles. The SMILES string of the molecule is COc1ccc(Br)c(CC2CCN(CC3Oc4ccccc4N(C)C3=O)CC2)c1. The molecule has 2 heterocycles. The van der Waals surface area contributed by atoms with Gasteiger partial charge in [0.15, 0.2) is 6.10 Å². The highest BCUT2D eigenvalue weighted by atomic mass is 79.9. The zero-order valence-electron chi connectivity index (χ0n) is 16.9. The van der Waals surface area contributed by atoms with E-state index >= 15 is 0 Å². The first-order chi connectivity index (χ1) is 14.0. The maximum absolute atomic E-state index is 12.7. The highest BCUT2D eigenvalue weighted by Gasteiger charge is 2.34. The van der Waals surface area contributed by atoms with Gasteiger partial charge in [0.1, 0.15) is 11.5 Å². The van der Waals surface area contributed by atoms with Crippen LogP contribution in [0.15, 0.2) is 46.9 Å². The molecule has 1 atom stereocenters. The Kier molecular flexibility index (Phi) is 6.11. The number of piperidine rings is 1. The smallest absolute Gasteiger partial charge is 0.269 e. The summed E-state index contributed by atoms with van der Waals surface area (Å²) in [5, 5.41) is 0. The third-order valence-electron chi connectivity index (χ3n) is 5.99. The van der Waals surface area contributed by atoms with E-state index in [-0.39, 0.29) is 5.91 Å². The summed E-state index contributed by atoms with van der Waals surface area (Å²) in [5.74, 6) is 2.36. The number of likely N-dealkylation sites (tertiary alicyclic amines) is 1. The number of hydrogen-bond donors (Lipinski definition) is 0. The molecule has 4 rings (SSSR count). The molecule has 0 aromatic heterocycles. The van der Waals surface area contributed by atoms with Crippen LogP contribution >= 0.6 is 15.9 Å². The summed E-state index contributed by atoms with van der Waals surface area (Å²) in [4.78, 5) is 16.8. The zero-order valence-corrected chi connectivity index (χ0v) is 18.5. The van der Waals surface area contributed by atoms with E-state index in [2.05, 4.69) is 33.0 Å². The topological polar surface area (TPSA) is 42.0 Å². The lowest BCUT2D eigenvalue weighted by molar-refractivity contribution is -0.127. The van der Waals surface area contributed by atoms with Crippen molar-refractivity contribution in [3.05, 3.63) is 52.5 Å². The molecule has 0 bridgehead atoms. The van der Waals surface area contributed by atoms with Crippen molar-refractivity contribution in [1.82, 2.24) is 4.90 Å². The molecule has 0 N–H and O–H groups in total. The summed E-state index contributed by atoms with van der Waals surface area (Å²) in [6.07, 6.45) is 2.85. The zero-order chi connectivity index (χ0) is 20.4.